The summed E-state index contributed by atoms with van der Waals surface area (Å²) in [6.45, 7) is -0.350. The third kappa shape index (κ3) is 2.51. The van der Waals surface area contributed by atoms with Crippen molar-refractivity contribution in [2.45, 2.75) is 12.3 Å². The lowest BCUT2D eigenvalue weighted by Crippen LogP contribution is -2.03. The predicted octanol–water partition coefficient (Wildman–Crippen LogP) is 1.61. The number of anilines is 1. The number of nitrogens with zero attached hydrogens (tertiary/aromatic N) is 4. The maximum atomic E-state index is 12.7. The maximum Gasteiger partial charge on any atom is 0.319 e. The summed E-state index contributed by atoms with van der Waals surface area (Å²) in [4.78, 5) is 8.17. The largest absolute Gasteiger partial charge is 0.480 e. The van der Waals surface area contributed by atoms with Crippen LogP contribution in [0.5, 0.6) is 11.9 Å². The molecular weight excluding hydrogens is 289 g/mol. The van der Waals surface area contributed by atoms with Crippen molar-refractivity contribution >= 4 is 5.82 Å². The third-order valence-corrected chi connectivity index (χ3v) is 3.76. The number of methoxy groups -OCH3 is 2. The normalized spacial score (nSPS) is 19.8. The summed E-state index contributed by atoms with van der Waals surface area (Å²) in [6, 6.07) is 2.00. The molecule has 22 heavy (non-hydrogen) atoms. The maximum absolute atomic E-state index is 12.7. The molecule has 116 valence electrons. The zero-order chi connectivity index (χ0) is 15.7. The first-order valence-corrected chi connectivity index (χ1v) is 6.82. The first-order chi connectivity index (χ1) is 10.7. The van der Waals surface area contributed by atoms with Gasteiger partial charge < -0.3 is 15.2 Å². The number of nitrogen functional groups attached to an aromatic ring is 1. The van der Waals surface area contributed by atoms with Crippen molar-refractivity contribution in [3.8, 4) is 23.1 Å². The van der Waals surface area contributed by atoms with Gasteiger partial charge in [0.2, 0.25) is 5.88 Å². The van der Waals surface area contributed by atoms with E-state index in [9.17, 15) is 4.39 Å². The molecule has 0 unspecified atom stereocenters. The van der Waals surface area contributed by atoms with Gasteiger partial charge in [0.15, 0.2) is 0 Å². The summed E-state index contributed by atoms with van der Waals surface area (Å²) in [6.07, 6.45) is 2.33. The van der Waals surface area contributed by atoms with E-state index in [-0.39, 0.29) is 24.5 Å². The van der Waals surface area contributed by atoms with Gasteiger partial charge >= 0.3 is 6.01 Å². The average molecular weight is 305 g/mol. The summed E-state index contributed by atoms with van der Waals surface area (Å²) in [5.41, 5.74) is 7.79. The highest BCUT2D eigenvalue weighted by molar-refractivity contribution is 5.66. The SMILES string of the molecule is COc1ncc(-c2cc([C@H]3C[C@@H]3CF)c(N)nn2)c(OC)n1. The second-order valence-corrected chi connectivity index (χ2v) is 5.11. The first-order valence-electron chi connectivity index (χ1n) is 6.82. The lowest BCUT2D eigenvalue weighted by Gasteiger charge is -2.09. The Morgan fingerprint density at radius 3 is 2.77 bits per heavy atom. The number of halogens is 1. The Kier molecular flexibility index (Phi) is 3.74. The molecule has 2 aromatic heterocycles. The summed E-state index contributed by atoms with van der Waals surface area (Å²) < 4.78 is 22.9. The van der Waals surface area contributed by atoms with E-state index in [1.165, 1.54) is 14.2 Å². The van der Waals surface area contributed by atoms with Crippen molar-refractivity contribution < 1.29 is 13.9 Å². The van der Waals surface area contributed by atoms with Gasteiger partial charge in [-0.3, -0.25) is 4.39 Å². The van der Waals surface area contributed by atoms with Crippen LogP contribution in [0.15, 0.2) is 12.3 Å². The molecule has 0 spiro atoms. The number of nitrogens with two attached hydrogens (primary N) is 1. The molecule has 7 nitrogen and oxygen atoms in total. The monoisotopic (exact) mass is 305 g/mol. The molecule has 3 rings (SSSR count). The van der Waals surface area contributed by atoms with E-state index < -0.39 is 0 Å². The summed E-state index contributed by atoms with van der Waals surface area (Å²) in [5.74, 6) is 0.783. The van der Waals surface area contributed by atoms with E-state index in [1.54, 1.807) is 12.3 Å². The van der Waals surface area contributed by atoms with Crippen LogP contribution in [-0.2, 0) is 0 Å². The third-order valence-electron chi connectivity index (χ3n) is 3.76. The minimum atomic E-state index is -0.350. The molecule has 2 N–H and O–H groups in total. The second kappa shape index (κ2) is 5.70. The molecule has 1 fully saturated rings. The van der Waals surface area contributed by atoms with E-state index in [4.69, 9.17) is 15.2 Å². The average Bonchev–Trinajstić information content (AvgIpc) is 3.34. The van der Waals surface area contributed by atoms with E-state index >= 15 is 0 Å². The molecule has 1 aliphatic carbocycles. The molecular formula is C14H16FN5O2. The van der Waals surface area contributed by atoms with Crippen molar-refractivity contribution in [2.24, 2.45) is 5.92 Å². The molecule has 2 heterocycles. The Hall–Kier alpha value is -2.51. The number of hydrogen-bond donors (Lipinski definition) is 1. The van der Waals surface area contributed by atoms with E-state index in [0.29, 0.717) is 23.0 Å². The molecule has 0 saturated heterocycles. The molecule has 8 heteroatoms. The standard InChI is InChI=1S/C14H16FN5O2/c1-21-13-10(6-17-14(18-13)22-2)11-4-9(12(16)20-19-11)8-3-7(8)5-15/h4,6-8H,3,5H2,1-2H3,(H2,16,20)/t7-,8+/m1/s1. The topological polar surface area (TPSA) is 96.0 Å². The van der Waals surface area contributed by atoms with Gasteiger partial charge in [-0.15, -0.1) is 10.2 Å². The van der Waals surface area contributed by atoms with Crippen LogP contribution >= 0.6 is 0 Å². The van der Waals surface area contributed by atoms with Crippen molar-refractivity contribution in [3.63, 3.8) is 0 Å². The minimum Gasteiger partial charge on any atom is -0.480 e. The summed E-state index contributed by atoms with van der Waals surface area (Å²) in [5, 5.41) is 8.03. The van der Waals surface area contributed by atoms with Crippen LogP contribution in [0.4, 0.5) is 10.2 Å². The number of alkyl halides is 1. The predicted molar refractivity (Wildman–Crippen MR) is 77.4 cm³/mol. The molecule has 0 radical (unpaired) electrons. The van der Waals surface area contributed by atoms with Crippen LogP contribution in [0.1, 0.15) is 17.9 Å². The highest BCUT2D eigenvalue weighted by atomic mass is 19.1. The summed E-state index contributed by atoms with van der Waals surface area (Å²) >= 11 is 0. The fourth-order valence-electron chi connectivity index (χ4n) is 2.42. The fraction of sp³-hybridized carbons (Fsp3) is 0.429. The van der Waals surface area contributed by atoms with Crippen LogP contribution < -0.4 is 15.2 Å². The molecule has 0 bridgehead atoms. The van der Waals surface area contributed by atoms with Crippen molar-refractivity contribution in [3.05, 3.63) is 17.8 Å². The van der Waals surface area contributed by atoms with Gasteiger partial charge in [0.25, 0.3) is 0 Å². The van der Waals surface area contributed by atoms with E-state index in [0.717, 1.165) is 12.0 Å². The zero-order valence-electron chi connectivity index (χ0n) is 12.3. The smallest absolute Gasteiger partial charge is 0.319 e. The van der Waals surface area contributed by atoms with Crippen LogP contribution in [0.25, 0.3) is 11.3 Å². The van der Waals surface area contributed by atoms with Gasteiger partial charge in [-0.05, 0) is 24.3 Å². The summed E-state index contributed by atoms with van der Waals surface area (Å²) in [7, 11) is 2.97. The minimum absolute atomic E-state index is 0.0216. The molecule has 2 atom stereocenters. The van der Waals surface area contributed by atoms with Gasteiger partial charge in [0, 0.05) is 11.8 Å². The van der Waals surface area contributed by atoms with Gasteiger partial charge in [-0.25, -0.2) is 4.98 Å². The number of hydrogen-bond acceptors (Lipinski definition) is 7. The van der Waals surface area contributed by atoms with Gasteiger partial charge in [0.05, 0.1) is 26.5 Å². The lowest BCUT2D eigenvalue weighted by atomic mass is 10.1. The molecule has 1 saturated carbocycles. The van der Waals surface area contributed by atoms with Gasteiger partial charge in [0.1, 0.15) is 11.5 Å². The van der Waals surface area contributed by atoms with Crippen molar-refractivity contribution in [1.82, 2.24) is 20.2 Å². The fourth-order valence-corrected chi connectivity index (χ4v) is 2.42. The Balaban J connectivity index is 2.00. The van der Waals surface area contributed by atoms with E-state index in [1.807, 2.05) is 0 Å². The lowest BCUT2D eigenvalue weighted by molar-refractivity contribution is 0.353. The van der Waals surface area contributed by atoms with Crippen LogP contribution in [0.2, 0.25) is 0 Å². The molecule has 1 aliphatic rings. The van der Waals surface area contributed by atoms with Gasteiger partial charge in [-0.2, -0.15) is 4.98 Å². The molecule has 0 aliphatic heterocycles. The Morgan fingerprint density at radius 2 is 2.14 bits per heavy atom. The van der Waals surface area contributed by atoms with Gasteiger partial charge in [-0.1, -0.05) is 0 Å². The zero-order valence-corrected chi connectivity index (χ0v) is 12.3. The molecule has 0 amide bonds. The Bertz CT molecular complexity index is 697. The van der Waals surface area contributed by atoms with Crippen molar-refractivity contribution in [2.75, 3.05) is 26.6 Å². The highest BCUT2D eigenvalue weighted by Gasteiger charge is 2.40. The molecule has 0 aromatic carbocycles. The Labute approximate surface area is 126 Å². The number of ether oxygens (including phenoxy) is 2. The highest BCUT2D eigenvalue weighted by Crippen LogP contribution is 2.49. The second-order valence-electron chi connectivity index (χ2n) is 5.11. The number of aromatic nitrogens is 4. The quantitative estimate of drug-likeness (QED) is 0.896. The van der Waals surface area contributed by atoms with Crippen LogP contribution in [0.3, 0.4) is 0 Å². The Morgan fingerprint density at radius 1 is 1.32 bits per heavy atom. The van der Waals surface area contributed by atoms with Crippen molar-refractivity contribution in [1.29, 1.82) is 0 Å². The van der Waals surface area contributed by atoms with E-state index in [2.05, 4.69) is 20.2 Å². The first kappa shape index (κ1) is 14.4. The van der Waals surface area contributed by atoms with Crippen LogP contribution in [0, 0.1) is 5.92 Å². The van der Waals surface area contributed by atoms with Crippen LogP contribution in [-0.4, -0.2) is 41.1 Å². The molecule has 2 aromatic rings. The number of rotatable bonds is 5.